The molecule has 2 heterocycles. The number of nitrogens with zero attached hydrogens (tertiary/aromatic N) is 2. The second-order valence-corrected chi connectivity index (χ2v) is 5.28. The first-order chi connectivity index (χ1) is 10.7. The fourth-order valence-corrected chi connectivity index (χ4v) is 2.58. The normalized spacial score (nSPS) is 10.2. The third-order valence-corrected chi connectivity index (χ3v) is 3.58. The largest absolute Gasteiger partial charge is 0.351 e. The number of nitrogens with one attached hydrogen (secondary N) is 2. The first kappa shape index (κ1) is 14.0. The average Bonchev–Trinajstić information content (AvgIpc) is 3.02. The van der Waals surface area contributed by atoms with Gasteiger partial charge in [-0.05, 0) is 40.6 Å². The third-order valence-electron chi connectivity index (χ3n) is 2.89. The maximum atomic E-state index is 10.9. The van der Waals surface area contributed by atoms with Crippen LogP contribution < -0.4 is 16.4 Å². The number of carbonyl (C=O) groups excluding carboxylic acids is 1. The van der Waals surface area contributed by atoms with Gasteiger partial charge in [0, 0.05) is 29.3 Å². The Balaban J connectivity index is 1.74. The van der Waals surface area contributed by atoms with E-state index in [9.17, 15) is 4.79 Å². The summed E-state index contributed by atoms with van der Waals surface area (Å²) in [6, 6.07) is 8.57. The summed E-state index contributed by atoms with van der Waals surface area (Å²) >= 11 is 1.63. The number of aromatic nitrogens is 2. The number of nitrogens with two attached hydrogens (primary N) is 1. The van der Waals surface area contributed by atoms with Crippen molar-refractivity contribution in [3.63, 3.8) is 0 Å². The van der Waals surface area contributed by atoms with E-state index < -0.39 is 6.03 Å². The van der Waals surface area contributed by atoms with E-state index in [4.69, 9.17) is 5.73 Å². The zero-order valence-electron chi connectivity index (χ0n) is 11.5. The summed E-state index contributed by atoms with van der Waals surface area (Å²) in [4.78, 5) is 19.4. The number of carbonyl (C=O) groups is 1. The summed E-state index contributed by atoms with van der Waals surface area (Å²) < 4.78 is 0. The maximum Gasteiger partial charge on any atom is 0.316 e. The van der Waals surface area contributed by atoms with Crippen molar-refractivity contribution in [1.82, 2.24) is 9.97 Å². The Bertz CT molecular complexity index is 771. The molecule has 0 radical (unpaired) electrons. The Morgan fingerprint density at radius 2 is 1.86 bits per heavy atom. The molecule has 6 nitrogen and oxygen atoms in total. The molecule has 0 fully saturated rings. The van der Waals surface area contributed by atoms with Crippen LogP contribution in [0.15, 0.2) is 53.5 Å². The fourth-order valence-electron chi connectivity index (χ4n) is 1.92. The van der Waals surface area contributed by atoms with E-state index >= 15 is 0 Å². The van der Waals surface area contributed by atoms with Crippen molar-refractivity contribution in [2.24, 2.45) is 5.73 Å². The van der Waals surface area contributed by atoms with E-state index in [0.717, 1.165) is 16.8 Å². The summed E-state index contributed by atoms with van der Waals surface area (Å²) in [7, 11) is 0. The number of amides is 2. The van der Waals surface area contributed by atoms with E-state index in [1.165, 1.54) is 0 Å². The van der Waals surface area contributed by atoms with Crippen LogP contribution in [0.2, 0.25) is 0 Å². The Hall–Kier alpha value is -2.93. The van der Waals surface area contributed by atoms with Crippen molar-refractivity contribution >= 4 is 34.7 Å². The maximum absolute atomic E-state index is 10.9. The summed E-state index contributed by atoms with van der Waals surface area (Å²) in [5.74, 6) is 0.482. The predicted octanol–water partition coefficient (Wildman–Crippen LogP) is 3.44. The van der Waals surface area contributed by atoms with Gasteiger partial charge in [0.05, 0.1) is 0 Å². The standard InChI is InChI=1S/C15H13N5OS/c16-14(21)19-12-2-1-3-13(6-12)20-15-17-7-11(8-18-15)10-4-5-22-9-10/h1-9H,(H3,16,19,21)(H,17,18,20). The number of benzene rings is 1. The molecule has 0 aliphatic carbocycles. The smallest absolute Gasteiger partial charge is 0.316 e. The summed E-state index contributed by atoms with van der Waals surface area (Å²) in [5.41, 5.74) is 8.53. The zero-order chi connectivity index (χ0) is 15.4. The molecule has 3 aromatic rings. The molecule has 0 bridgehead atoms. The van der Waals surface area contributed by atoms with Crippen LogP contribution in [-0.2, 0) is 0 Å². The second-order valence-electron chi connectivity index (χ2n) is 4.50. The Labute approximate surface area is 131 Å². The number of thiophene rings is 1. The van der Waals surface area contributed by atoms with E-state index in [0.29, 0.717) is 11.6 Å². The molecular formula is C15H13N5OS. The fraction of sp³-hybridized carbons (Fsp3) is 0. The lowest BCUT2D eigenvalue weighted by Crippen LogP contribution is -2.19. The monoisotopic (exact) mass is 311 g/mol. The van der Waals surface area contributed by atoms with E-state index in [2.05, 4.69) is 20.6 Å². The van der Waals surface area contributed by atoms with Gasteiger partial charge < -0.3 is 16.4 Å². The minimum atomic E-state index is -0.603. The van der Waals surface area contributed by atoms with Crippen LogP contribution in [0, 0.1) is 0 Å². The molecule has 0 saturated carbocycles. The highest BCUT2D eigenvalue weighted by Crippen LogP contribution is 2.22. The van der Waals surface area contributed by atoms with Gasteiger partial charge >= 0.3 is 6.03 Å². The SMILES string of the molecule is NC(=O)Nc1cccc(Nc2ncc(-c3ccsc3)cn2)c1. The van der Waals surface area contributed by atoms with Gasteiger partial charge in [-0.1, -0.05) is 6.07 Å². The minimum absolute atomic E-state index is 0.482. The highest BCUT2D eigenvalue weighted by Gasteiger charge is 2.03. The van der Waals surface area contributed by atoms with Gasteiger partial charge in [-0.2, -0.15) is 11.3 Å². The third kappa shape index (κ3) is 3.39. The van der Waals surface area contributed by atoms with Crippen LogP contribution in [0.3, 0.4) is 0 Å². The van der Waals surface area contributed by atoms with Gasteiger partial charge in [-0.25, -0.2) is 14.8 Å². The molecule has 0 spiro atoms. The molecule has 7 heteroatoms. The highest BCUT2D eigenvalue weighted by atomic mass is 32.1. The molecule has 110 valence electrons. The lowest BCUT2D eigenvalue weighted by molar-refractivity contribution is 0.259. The first-order valence-corrected chi connectivity index (χ1v) is 7.43. The van der Waals surface area contributed by atoms with Crippen molar-refractivity contribution in [3.05, 3.63) is 53.5 Å². The lowest BCUT2D eigenvalue weighted by atomic mass is 10.2. The Morgan fingerprint density at radius 3 is 2.55 bits per heavy atom. The van der Waals surface area contributed by atoms with Gasteiger partial charge in [0.25, 0.3) is 0 Å². The number of hydrogen-bond acceptors (Lipinski definition) is 5. The molecule has 0 aliphatic heterocycles. The van der Waals surface area contributed by atoms with Crippen molar-refractivity contribution in [2.75, 3.05) is 10.6 Å². The molecule has 4 N–H and O–H groups in total. The number of primary amides is 1. The average molecular weight is 311 g/mol. The molecule has 1 aromatic carbocycles. The van der Waals surface area contributed by atoms with Crippen molar-refractivity contribution in [3.8, 4) is 11.1 Å². The zero-order valence-corrected chi connectivity index (χ0v) is 12.3. The Morgan fingerprint density at radius 1 is 1.09 bits per heavy atom. The molecule has 0 unspecified atom stereocenters. The lowest BCUT2D eigenvalue weighted by Gasteiger charge is -2.07. The summed E-state index contributed by atoms with van der Waals surface area (Å²) in [6.07, 6.45) is 3.53. The number of urea groups is 1. The van der Waals surface area contributed by atoms with Gasteiger partial charge in [0.1, 0.15) is 0 Å². The van der Waals surface area contributed by atoms with Gasteiger partial charge in [0.15, 0.2) is 0 Å². The van der Waals surface area contributed by atoms with E-state index in [1.807, 2.05) is 22.9 Å². The highest BCUT2D eigenvalue weighted by molar-refractivity contribution is 7.08. The first-order valence-electron chi connectivity index (χ1n) is 6.49. The van der Waals surface area contributed by atoms with Crippen molar-refractivity contribution in [2.45, 2.75) is 0 Å². The molecule has 0 saturated heterocycles. The van der Waals surface area contributed by atoms with Crippen LogP contribution in [-0.4, -0.2) is 16.0 Å². The van der Waals surface area contributed by atoms with Crippen molar-refractivity contribution < 1.29 is 4.79 Å². The van der Waals surface area contributed by atoms with Gasteiger partial charge in [-0.15, -0.1) is 0 Å². The molecular weight excluding hydrogens is 298 g/mol. The molecule has 0 atom stereocenters. The topological polar surface area (TPSA) is 92.9 Å². The summed E-state index contributed by atoms with van der Waals surface area (Å²) in [6.45, 7) is 0. The molecule has 2 aromatic heterocycles. The van der Waals surface area contributed by atoms with Gasteiger partial charge in [0.2, 0.25) is 5.95 Å². The summed E-state index contributed by atoms with van der Waals surface area (Å²) in [5, 5.41) is 9.66. The van der Waals surface area contributed by atoms with Crippen LogP contribution in [0.25, 0.3) is 11.1 Å². The quantitative estimate of drug-likeness (QED) is 0.688. The van der Waals surface area contributed by atoms with Crippen molar-refractivity contribution in [1.29, 1.82) is 0 Å². The Kier molecular flexibility index (Phi) is 3.97. The van der Waals surface area contributed by atoms with E-state index in [1.54, 1.807) is 41.9 Å². The molecule has 2 amide bonds. The molecule has 22 heavy (non-hydrogen) atoms. The van der Waals surface area contributed by atoms with Gasteiger partial charge in [-0.3, -0.25) is 0 Å². The van der Waals surface area contributed by atoms with E-state index in [-0.39, 0.29) is 0 Å². The van der Waals surface area contributed by atoms with Crippen LogP contribution in [0.5, 0.6) is 0 Å². The van der Waals surface area contributed by atoms with Crippen LogP contribution in [0.4, 0.5) is 22.1 Å². The molecule has 0 aliphatic rings. The van der Waals surface area contributed by atoms with Crippen LogP contribution >= 0.6 is 11.3 Å². The minimum Gasteiger partial charge on any atom is -0.351 e. The van der Waals surface area contributed by atoms with Crippen LogP contribution in [0.1, 0.15) is 0 Å². The number of hydrogen-bond donors (Lipinski definition) is 3. The number of rotatable bonds is 4. The second kappa shape index (κ2) is 6.23. The molecule has 3 rings (SSSR count). The number of anilines is 3. The predicted molar refractivity (Wildman–Crippen MR) is 88.3 cm³/mol.